The standard InChI is InChI=1S/C18H18Cl2N4O3/c19-14-3-1-2-4-17(14)23-9-7-22(8-10-23)12-18(25)21-16-6-5-13(24(26)27)11-15(16)20/h1-6,11H,7-10,12H2,(H,21,25). The Morgan fingerprint density at radius 2 is 1.78 bits per heavy atom. The second kappa shape index (κ2) is 8.56. The van der Waals surface area contributed by atoms with Crippen molar-refractivity contribution in [1.29, 1.82) is 0 Å². The summed E-state index contributed by atoms with van der Waals surface area (Å²) < 4.78 is 0. The van der Waals surface area contributed by atoms with Crippen LogP contribution < -0.4 is 10.2 Å². The van der Waals surface area contributed by atoms with Crippen molar-refractivity contribution in [2.45, 2.75) is 0 Å². The molecule has 9 heteroatoms. The molecule has 1 N–H and O–H groups in total. The number of benzene rings is 2. The maximum Gasteiger partial charge on any atom is 0.271 e. The molecule has 0 aromatic heterocycles. The van der Waals surface area contributed by atoms with Crippen LogP contribution in [0.5, 0.6) is 0 Å². The number of halogens is 2. The van der Waals surface area contributed by atoms with Crippen molar-refractivity contribution < 1.29 is 9.72 Å². The van der Waals surface area contributed by atoms with Crippen molar-refractivity contribution in [2.24, 2.45) is 0 Å². The predicted octanol–water partition coefficient (Wildman–Crippen LogP) is 3.66. The van der Waals surface area contributed by atoms with Gasteiger partial charge in [-0.2, -0.15) is 0 Å². The van der Waals surface area contributed by atoms with Crippen molar-refractivity contribution >= 4 is 46.2 Å². The first-order valence-electron chi connectivity index (χ1n) is 8.39. The van der Waals surface area contributed by atoms with Crippen LogP contribution >= 0.6 is 23.2 Å². The number of piperazine rings is 1. The first-order valence-corrected chi connectivity index (χ1v) is 9.15. The van der Waals surface area contributed by atoms with Gasteiger partial charge in [0.2, 0.25) is 5.91 Å². The van der Waals surface area contributed by atoms with Gasteiger partial charge in [-0.25, -0.2) is 0 Å². The summed E-state index contributed by atoms with van der Waals surface area (Å²) in [6.07, 6.45) is 0. The number of para-hydroxylation sites is 1. The third kappa shape index (κ3) is 4.88. The molecule has 27 heavy (non-hydrogen) atoms. The molecule has 1 aliphatic heterocycles. The molecule has 0 radical (unpaired) electrons. The third-order valence-corrected chi connectivity index (χ3v) is 5.00. The molecule has 7 nitrogen and oxygen atoms in total. The van der Waals surface area contributed by atoms with Crippen LogP contribution in [0.25, 0.3) is 0 Å². The Morgan fingerprint density at radius 1 is 1.07 bits per heavy atom. The molecule has 2 aromatic rings. The summed E-state index contributed by atoms with van der Waals surface area (Å²) in [4.78, 5) is 26.7. The highest BCUT2D eigenvalue weighted by molar-refractivity contribution is 6.34. The largest absolute Gasteiger partial charge is 0.368 e. The molecule has 0 aliphatic carbocycles. The van der Waals surface area contributed by atoms with E-state index in [4.69, 9.17) is 23.2 Å². The van der Waals surface area contributed by atoms with Gasteiger partial charge < -0.3 is 10.2 Å². The van der Waals surface area contributed by atoms with E-state index >= 15 is 0 Å². The van der Waals surface area contributed by atoms with Crippen LogP contribution in [0.4, 0.5) is 17.1 Å². The van der Waals surface area contributed by atoms with Gasteiger partial charge in [0.05, 0.1) is 32.9 Å². The molecule has 2 aromatic carbocycles. The number of anilines is 2. The fourth-order valence-electron chi connectivity index (χ4n) is 2.97. The Kier molecular flexibility index (Phi) is 6.15. The van der Waals surface area contributed by atoms with E-state index in [1.54, 1.807) is 0 Å². The highest BCUT2D eigenvalue weighted by Crippen LogP contribution is 2.27. The number of nitro benzene ring substituents is 1. The van der Waals surface area contributed by atoms with Gasteiger partial charge in [-0.05, 0) is 18.2 Å². The van der Waals surface area contributed by atoms with Gasteiger partial charge in [0.1, 0.15) is 0 Å². The van der Waals surface area contributed by atoms with Gasteiger partial charge in [-0.1, -0.05) is 35.3 Å². The summed E-state index contributed by atoms with van der Waals surface area (Å²) in [6.45, 7) is 3.23. The smallest absolute Gasteiger partial charge is 0.271 e. The van der Waals surface area contributed by atoms with Crippen LogP contribution in [0.3, 0.4) is 0 Å². The number of hydrogen-bond donors (Lipinski definition) is 1. The lowest BCUT2D eigenvalue weighted by Crippen LogP contribution is -2.48. The number of hydrogen-bond acceptors (Lipinski definition) is 5. The SMILES string of the molecule is O=C(CN1CCN(c2ccccc2Cl)CC1)Nc1ccc([N+](=O)[O-])cc1Cl. The zero-order chi connectivity index (χ0) is 19.4. The summed E-state index contributed by atoms with van der Waals surface area (Å²) in [5.74, 6) is -0.211. The second-order valence-corrected chi connectivity index (χ2v) is 7.00. The van der Waals surface area contributed by atoms with Gasteiger partial charge in [0, 0.05) is 38.3 Å². The quantitative estimate of drug-likeness (QED) is 0.602. The molecule has 1 amide bonds. The van der Waals surface area contributed by atoms with Crippen LogP contribution in [0.1, 0.15) is 0 Å². The number of amides is 1. The summed E-state index contributed by atoms with van der Waals surface area (Å²) in [5.41, 5.74) is 1.25. The fourth-order valence-corrected chi connectivity index (χ4v) is 3.44. The lowest BCUT2D eigenvalue weighted by Gasteiger charge is -2.36. The third-order valence-electron chi connectivity index (χ3n) is 4.37. The Hall–Kier alpha value is -2.35. The van der Waals surface area contributed by atoms with Gasteiger partial charge in [-0.15, -0.1) is 0 Å². The molecule has 1 saturated heterocycles. The second-order valence-electron chi connectivity index (χ2n) is 6.18. The van der Waals surface area contributed by atoms with Gasteiger partial charge in [-0.3, -0.25) is 19.8 Å². The van der Waals surface area contributed by atoms with Crippen LogP contribution in [-0.4, -0.2) is 48.5 Å². The molecule has 1 heterocycles. The van der Waals surface area contributed by atoms with E-state index < -0.39 is 4.92 Å². The van der Waals surface area contributed by atoms with Crippen LogP contribution in [0, 0.1) is 10.1 Å². The molecule has 1 aliphatic rings. The zero-order valence-corrected chi connectivity index (χ0v) is 15.9. The van der Waals surface area contributed by atoms with Crippen molar-refractivity contribution in [3.05, 3.63) is 62.6 Å². The number of carbonyl (C=O) groups is 1. The van der Waals surface area contributed by atoms with E-state index in [1.807, 2.05) is 29.2 Å². The first kappa shape index (κ1) is 19.4. The number of nitrogens with zero attached hydrogens (tertiary/aromatic N) is 3. The number of nitro groups is 1. The molecular weight excluding hydrogens is 391 g/mol. The Balaban J connectivity index is 1.53. The van der Waals surface area contributed by atoms with E-state index in [2.05, 4.69) is 10.2 Å². The van der Waals surface area contributed by atoms with Gasteiger partial charge >= 0.3 is 0 Å². The summed E-state index contributed by atoms with van der Waals surface area (Å²) >= 11 is 12.3. The van der Waals surface area contributed by atoms with Crippen molar-refractivity contribution in [2.75, 3.05) is 42.9 Å². The van der Waals surface area contributed by atoms with Crippen LogP contribution in [0.2, 0.25) is 10.0 Å². The Bertz CT molecular complexity index is 854. The maximum absolute atomic E-state index is 12.3. The molecule has 0 saturated carbocycles. The van der Waals surface area contributed by atoms with Gasteiger partial charge in [0.15, 0.2) is 0 Å². The average Bonchev–Trinajstić information content (AvgIpc) is 2.64. The minimum absolute atomic E-state index is 0.117. The van der Waals surface area contributed by atoms with E-state index in [1.165, 1.54) is 18.2 Å². The number of rotatable bonds is 5. The minimum atomic E-state index is -0.532. The molecule has 142 valence electrons. The van der Waals surface area contributed by atoms with Crippen LogP contribution in [-0.2, 0) is 4.79 Å². The Labute approximate surface area is 166 Å². The lowest BCUT2D eigenvalue weighted by atomic mass is 10.2. The predicted molar refractivity (Wildman–Crippen MR) is 107 cm³/mol. The molecule has 0 atom stereocenters. The fraction of sp³-hybridized carbons (Fsp3) is 0.278. The van der Waals surface area contributed by atoms with E-state index in [9.17, 15) is 14.9 Å². The monoisotopic (exact) mass is 408 g/mol. The molecule has 0 bridgehead atoms. The zero-order valence-electron chi connectivity index (χ0n) is 14.4. The van der Waals surface area contributed by atoms with Crippen molar-refractivity contribution in [3.63, 3.8) is 0 Å². The average molecular weight is 409 g/mol. The summed E-state index contributed by atoms with van der Waals surface area (Å²) in [7, 11) is 0. The highest BCUT2D eigenvalue weighted by atomic mass is 35.5. The first-order chi connectivity index (χ1) is 12.9. The summed E-state index contributed by atoms with van der Waals surface area (Å²) in [6, 6.07) is 11.7. The number of non-ortho nitro benzene ring substituents is 1. The molecule has 3 rings (SSSR count). The molecule has 1 fully saturated rings. The summed E-state index contributed by atoms with van der Waals surface area (Å²) in [5, 5.41) is 14.3. The topological polar surface area (TPSA) is 78.7 Å². The van der Waals surface area contributed by atoms with Gasteiger partial charge in [0.25, 0.3) is 5.69 Å². The number of carbonyl (C=O) groups excluding carboxylic acids is 1. The number of nitrogens with one attached hydrogen (secondary N) is 1. The molecule has 0 spiro atoms. The molecule has 0 unspecified atom stereocenters. The van der Waals surface area contributed by atoms with E-state index in [-0.39, 0.29) is 23.2 Å². The lowest BCUT2D eigenvalue weighted by molar-refractivity contribution is -0.384. The molecular formula is C18H18Cl2N4O3. The minimum Gasteiger partial charge on any atom is -0.368 e. The van der Waals surface area contributed by atoms with E-state index in [0.29, 0.717) is 5.69 Å². The van der Waals surface area contributed by atoms with Crippen molar-refractivity contribution in [3.8, 4) is 0 Å². The Morgan fingerprint density at radius 3 is 2.41 bits per heavy atom. The van der Waals surface area contributed by atoms with Crippen molar-refractivity contribution in [1.82, 2.24) is 4.90 Å². The van der Waals surface area contributed by atoms with E-state index in [0.717, 1.165) is 36.9 Å². The normalized spacial score (nSPS) is 14.8. The highest BCUT2D eigenvalue weighted by Gasteiger charge is 2.21. The van der Waals surface area contributed by atoms with Crippen LogP contribution in [0.15, 0.2) is 42.5 Å². The maximum atomic E-state index is 12.3.